The van der Waals surface area contributed by atoms with E-state index in [4.69, 9.17) is 4.74 Å². The van der Waals surface area contributed by atoms with Gasteiger partial charge in [-0.15, -0.1) is 10.2 Å². The molecule has 2 heterocycles. The van der Waals surface area contributed by atoms with Crippen molar-refractivity contribution < 1.29 is 17.5 Å². The molecular formula is C21H20FN5O3S2. The Bertz CT molecular complexity index is 1330. The average Bonchev–Trinajstić information content (AvgIpc) is 3.21. The number of hydrogen-bond acceptors (Lipinski definition) is 7. The molecular weight excluding hydrogens is 453 g/mol. The van der Waals surface area contributed by atoms with Crippen molar-refractivity contribution in [2.75, 3.05) is 13.7 Å². The van der Waals surface area contributed by atoms with Gasteiger partial charge in [-0.25, -0.2) is 17.5 Å². The van der Waals surface area contributed by atoms with Crippen molar-refractivity contribution in [2.24, 2.45) is 0 Å². The Kier molecular flexibility index (Phi) is 6.68. The van der Waals surface area contributed by atoms with Crippen LogP contribution in [0.5, 0.6) is 5.75 Å². The maximum Gasteiger partial charge on any atom is 0.240 e. The van der Waals surface area contributed by atoms with Gasteiger partial charge in [-0.2, -0.15) is 9.61 Å². The molecule has 8 nitrogen and oxygen atoms in total. The van der Waals surface area contributed by atoms with Crippen molar-refractivity contribution in [3.8, 4) is 5.75 Å². The number of ether oxygens (including phenoxy) is 1. The zero-order valence-electron chi connectivity index (χ0n) is 17.1. The van der Waals surface area contributed by atoms with E-state index in [1.165, 1.54) is 37.1 Å². The maximum absolute atomic E-state index is 13.8. The van der Waals surface area contributed by atoms with Crippen LogP contribution in [0.15, 0.2) is 70.6 Å². The van der Waals surface area contributed by atoms with Crippen LogP contribution < -0.4 is 9.46 Å². The minimum absolute atomic E-state index is 0.128. The molecule has 0 saturated carbocycles. The molecule has 0 unspecified atom stereocenters. The molecule has 32 heavy (non-hydrogen) atoms. The number of thioether (sulfide) groups is 1. The molecule has 166 valence electrons. The fourth-order valence-electron chi connectivity index (χ4n) is 2.95. The highest BCUT2D eigenvalue weighted by molar-refractivity contribution is 7.98. The molecule has 0 atom stereocenters. The van der Waals surface area contributed by atoms with Gasteiger partial charge >= 0.3 is 0 Å². The first-order valence-electron chi connectivity index (χ1n) is 9.67. The quantitative estimate of drug-likeness (QED) is 0.373. The summed E-state index contributed by atoms with van der Waals surface area (Å²) in [6, 6.07) is 16.3. The molecule has 0 aliphatic heterocycles. The monoisotopic (exact) mass is 473 g/mol. The Morgan fingerprint density at radius 2 is 1.84 bits per heavy atom. The number of nitrogens with one attached hydrogen (secondary N) is 1. The smallest absolute Gasteiger partial charge is 0.240 e. The molecule has 0 aliphatic carbocycles. The zero-order chi connectivity index (χ0) is 22.6. The third kappa shape index (κ3) is 5.06. The molecule has 0 spiro atoms. The summed E-state index contributed by atoms with van der Waals surface area (Å²) in [6.07, 6.45) is 0.297. The van der Waals surface area contributed by atoms with Crippen molar-refractivity contribution in [3.63, 3.8) is 0 Å². The summed E-state index contributed by atoms with van der Waals surface area (Å²) in [6.45, 7) is 0.128. The number of fused-ring (bicyclic) bond motifs is 1. The highest BCUT2D eigenvalue weighted by Gasteiger charge is 2.15. The summed E-state index contributed by atoms with van der Waals surface area (Å²) < 4.78 is 48.0. The highest BCUT2D eigenvalue weighted by Crippen LogP contribution is 2.22. The lowest BCUT2D eigenvalue weighted by Crippen LogP contribution is -2.26. The lowest BCUT2D eigenvalue weighted by atomic mass is 10.2. The minimum Gasteiger partial charge on any atom is -0.497 e. The van der Waals surface area contributed by atoms with Crippen LogP contribution in [0, 0.1) is 5.82 Å². The standard InChI is InChI=1S/C21H20FN5O3S2/c1-30-16-6-8-17(9-7-16)32(28,29)23-13-12-20-25-24-19-10-11-21(26-27(19)20)31-14-15-4-2-3-5-18(15)22/h2-11,23H,12-14H2,1H3. The molecule has 1 N–H and O–H groups in total. The van der Waals surface area contributed by atoms with Gasteiger partial charge < -0.3 is 4.74 Å². The number of hydrogen-bond donors (Lipinski definition) is 1. The van der Waals surface area contributed by atoms with E-state index < -0.39 is 10.0 Å². The summed E-state index contributed by atoms with van der Waals surface area (Å²) in [5, 5.41) is 13.4. The van der Waals surface area contributed by atoms with E-state index in [0.29, 0.717) is 40.0 Å². The van der Waals surface area contributed by atoms with Gasteiger partial charge in [0.05, 0.1) is 12.0 Å². The summed E-state index contributed by atoms with van der Waals surface area (Å²) in [5.41, 5.74) is 1.14. The van der Waals surface area contributed by atoms with E-state index >= 15 is 0 Å². The van der Waals surface area contributed by atoms with Crippen LogP contribution >= 0.6 is 11.8 Å². The zero-order valence-corrected chi connectivity index (χ0v) is 18.7. The van der Waals surface area contributed by atoms with Crippen LogP contribution in [0.1, 0.15) is 11.4 Å². The average molecular weight is 474 g/mol. The number of rotatable bonds is 9. The molecule has 0 amide bonds. The van der Waals surface area contributed by atoms with Crippen molar-refractivity contribution in [3.05, 3.63) is 77.9 Å². The third-order valence-electron chi connectivity index (χ3n) is 4.65. The van der Waals surface area contributed by atoms with Gasteiger partial charge in [0.25, 0.3) is 0 Å². The molecule has 0 radical (unpaired) electrons. The lowest BCUT2D eigenvalue weighted by Gasteiger charge is -2.07. The number of nitrogens with zero attached hydrogens (tertiary/aromatic N) is 4. The highest BCUT2D eigenvalue weighted by atomic mass is 32.2. The SMILES string of the molecule is COc1ccc(S(=O)(=O)NCCc2nnc3ccc(SCc4ccccc4F)nn23)cc1. The first kappa shape index (κ1) is 22.2. The van der Waals surface area contributed by atoms with Gasteiger partial charge in [-0.1, -0.05) is 30.0 Å². The number of methoxy groups -OCH3 is 1. The van der Waals surface area contributed by atoms with Crippen molar-refractivity contribution in [2.45, 2.75) is 22.1 Å². The van der Waals surface area contributed by atoms with E-state index in [0.717, 1.165) is 0 Å². The second kappa shape index (κ2) is 9.63. The normalized spacial score (nSPS) is 11.7. The van der Waals surface area contributed by atoms with E-state index in [-0.39, 0.29) is 17.3 Å². The van der Waals surface area contributed by atoms with E-state index in [1.54, 1.807) is 47.0 Å². The topological polar surface area (TPSA) is 98.5 Å². The van der Waals surface area contributed by atoms with Gasteiger partial charge in [0.2, 0.25) is 10.0 Å². The summed E-state index contributed by atoms with van der Waals surface area (Å²) in [7, 11) is -2.15. The van der Waals surface area contributed by atoms with Crippen molar-refractivity contribution >= 4 is 27.4 Å². The number of sulfonamides is 1. The Balaban J connectivity index is 1.41. The molecule has 2 aromatic heterocycles. The third-order valence-corrected chi connectivity index (χ3v) is 7.09. The Hall–Kier alpha value is -3.02. The second-order valence-electron chi connectivity index (χ2n) is 6.76. The fraction of sp³-hybridized carbons (Fsp3) is 0.190. The second-order valence-corrected chi connectivity index (χ2v) is 9.52. The molecule has 0 fully saturated rings. The first-order valence-corrected chi connectivity index (χ1v) is 12.1. The predicted molar refractivity (Wildman–Crippen MR) is 119 cm³/mol. The Labute approximate surface area is 188 Å². The molecule has 0 aliphatic rings. The molecule has 2 aromatic carbocycles. The van der Waals surface area contributed by atoms with Crippen LogP contribution in [-0.4, -0.2) is 41.9 Å². The molecule has 11 heteroatoms. The number of aromatic nitrogens is 4. The first-order chi connectivity index (χ1) is 15.5. The van der Waals surface area contributed by atoms with Crippen LogP contribution in [0.25, 0.3) is 5.65 Å². The van der Waals surface area contributed by atoms with Crippen LogP contribution in [0.2, 0.25) is 0 Å². The molecule has 0 saturated heterocycles. The summed E-state index contributed by atoms with van der Waals surface area (Å²) in [5.74, 6) is 1.28. The van der Waals surface area contributed by atoms with E-state index in [2.05, 4.69) is 20.0 Å². The van der Waals surface area contributed by atoms with E-state index in [9.17, 15) is 12.8 Å². The lowest BCUT2D eigenvalue weighted by molar-refractivity contribution is 0.414. The molecule has 4 aromatic rings. The summed E-state index contributed by atoms with van der Waals surface area (Å²) in [4.78, 5) is 0.148. The maximum atomic E-state index is 13.8. The van der Waals surface area contributed by atoms with E-state index in [1.807, 2.05) is 0 Å². The van der Waals surface area contributed by atoms with Gasteiger partial charge in [-0.3, -0.25) is 0 Å². The molecule has 0 bridgehead atoms. The predicted octanol–water partition coefficient (Wildman–Crippen LogP) is 3.09. The van der Waals surface area contributed by atoms with Crippen LogP contribution in [-0.2, 0) is 22.2 Å². The van der Waals surface area contributed by atoms with Gasteiger partial charge in [0, 0.05) is 18.7 Å². The minimum atomic E-state index is -3.67. The molecule has 4 rings (SSSR count). The summed E-state index contributed by atoms with van der Waals surface area (Å²) >= 11 is 1.39. The number of halogens is 1. The van der Waals surface area contributed by atoms with Gasteiger partial charge in [0.1, 0.15) is 16.6 Å². The number of benzene rings is 2. The fourth-order valence-corrected chi connectivity index (χ4v) is 4.82. The van der Waals surface area contributed by atoms with Crippen LogP contribution in [0.4, 0.5) is 4.39 Å². The van der Waals surface area contributed by atoms with Crippen molar-refractivity contribution in [1.29, 1.82) is 0 Å². The largest absolute Gasteiger partial charge is 0.497 e. The Morgan fingerprint density at radius 1 is 1.06 bits per heavy atom. The Morgan fingerprint density at radius 3 is 2.59 bits per heavy atom. The van der Waals surface area contributed by atoms with Crippen molar-refractivity contribution in [1.82, 2.24) is 24.5 Å². The van der Waals surface area contributed by atoms with Gasteiger partial charge in [0.15, 0.2) is 11.5 Å². The van der Waals surface area contributed by atoms with Crippen LogP contribution in [0.3, 0.4) is 0 Å². The van der Waals surface area contributed by atoms with Gasteiger partial charge in [-0.05, 0) is 48.0 Å².